The van der Waals surface area contributed by atoms with Gasteiger partial charge in [-0.05, 0) is 12.3 Å². The highest BCUT2D eigenvalue weighted by Crippen LogP contribution is 1.99. The number of ether oxygens (including phenoxy) is 1. The molecule has 0 amide bonds. The monoisotopic (exact) mass is 211 g/mol. The van der Waals surface area contributed by atoms with E-state index in [1.165, 1.54) is 0 Å². The van der Waals surface area contributed by atoms with Crippen LogP contribution in [0.15, 0.2) is 12.5 Å². The largest absolute Gasteiger partial charge is 0.380 e. The van der Waals surface area contributed by atoms with E-state index >= 15 is 0 Å². The number of rotatable bonds is 7. The molecule has 0 bridgehead atoms. The maximum absolute atomic E-state index is 5.51. The maximum atomic E-state index is 5.51. The molecule has 0 unspecified atom stereocenters. The Hall–Kier alpha value is -0.870. The Balaban J connectivity index is 2.09. The molecule has 1 aromatic rings. The Morgan fingerprint density at radius 2 is 2.27 bits per heavy atom. The minimum absolute atomic E-state index is 0.501. The van der Waals surface area contributed by atoms with Gasteiger partial charge in [0.25, 0.3) is 0 Å². The lowest BCUT2D eigenvalue weighted by atomic mass is 10.1. The summed E-state index contributed by atoms with van der Waals surface area (Å²) in [5.74, 6) is 0.710. The van der Waals surface area contributed by atoms with Gasteiger partial charge in [-0.15, -0.1) is 0 Å². The van der Waals surface area contributed by atoms with Crippen molar-refractivity contribution in [2.75, 3.05) is 13.2 Å². The molecule has 2 N–H and O–H groups in total. The predicted molar refractivity (Wildman–Crippen MR) is 60.4 cm³/mol. The van der Waals surface area contributed by atoms with Gasteiger partial charge in [-0.1, -0.05) is 13.8 Å². The van der Waals surface area contributed by atoms with E-state index in [1.54, 1.807) is 6.33 Å². The van der Waals surface area contributed by atoms with Gasteiger partial charge in [-0.3, -0.25) is 0 Å². The molecule has 1 aromatic heterocycles. The van der Waals surface area contributed by atoms with Crippen LogP contribution in [0.5, 0.6) is 0 Å². The van der Waals surface area contributed by atoms with E-state index in [9.17, 15) is 0 Å². The lowest BCUT2D eigenvalue weighted by Gasteiger charge is -2.06. The molecule has 0 aliphatic rings. The third-order valence-electron chi connectivity index (χ3n) is 2.23. The maximum Gasteiger partial charge on any atom is 0.0950 e. The fourth-order valence-electron chi connectivity index (χ4n) is 1.23. The van der Waals surface area contributed by atoms with Crippen LogP contribution in [0.1, 0.15) is 26.0 Å². The van der Waals surface area contributed by atoms with Crippen molar-refractivity contribution in [2.24, 2.45) is 11.7 Å². The SMILES string of the molecule is CC(C)CCOCCn1cnc(CN)c1. The Labute approximate surface area is 91.4 Å². The summed E-state index contributed by atoms with van der Waals surface area (Å²) < 4.78 is 7.52. The van der Waals surface area contributed by atoms with E-state index in [1.807, 2.05) is 10.8 Å². The minimum Gasteiger partial charge on any atom is -0.380 e. The fraction of sp³-hybridized carbons (Fsp3) is 0.727. The van der Waals surface area contributed by atoms with Crippen molar-refractivity contribution in [3.63, 3.8) is 0 Å². The Morgan fingerprint density at radius 1 is 1.47 bits per heavy atom. The normalized spacial score (nSPS) is 11.2. The molecule has 4 heteroatoms. The summed E-state index contributed by atoms with van der Waals surface area (Å²) in [6.45, 7) is 7.34. The van der Waals surface area contributed by atoms with E-state index < -0.39 is 0 Å². The highest BCUT2D eigenvalue weighted by atomic mass is 16.5. The molecule has 15 heavy (non-hydrogen) atoms. The van der Waals surface area contributed by atoms with Crippen molar-refractivity contribution in [2.45, 2.75) is 33.4 Å². The van der Waals surface area contributed by atoms with E-state index in [2.05, 4.69) is 18.8 Å². The van der Waals surface area contributed by atoms with Crippen molar-refractivity contribution in [3.05, 3.63) is 18.2 Å². The molecule has 0 radical (unpaired) electrons. The first-order chi connectivity index (χ1) is 7.22. The van der Waals surface area contributed by atoms with Gasteiger partial charge in [0.1, 0.15) is 0 Å². The van der Waals surface area contributed by atoms with E-state index in [0.717, 1.165) is 31.9 Å². The van der Waals surface area contributed by atoms with Crippen molar-refractivity contribution in [3.8, 4) is 0 Å². The zero-order chi connectivity index (χ0) is 11.1. The second-order valence-corrected chi connectivity index (χ2v) is 4.10. The van der Waals surface area contributed by atoms with Crippen molar-refractivity contribution < 1.29 is 4.74 Å². The van der Waals surface area contributed by atoms with E-state index in [4.69, 9.17) is 10.5 Å². The van der Waals surface area contributed by atoms with Gasteiger partial charge in [0.05, 0.1) is 18.6 Å². The highest BCUT2D eigenvalue weighted by molar-refractivity contribution is 4.95. The molecule has 0 saturated heterocycles. The number of imidazole rings is 1. The van der Waals surface area contributed by atoms with E-state index in [0.29, 0.717) is 12.5 Å². The number of nitrogens with two attached hydrogens (primary N) is 1. The molecular formula is C11H21N3O. The molecule has 0 aliphatic heterocycles. The molecule has 86 valence electrons. The summed E-state index contributed by atoms with van der Waals surface area (Å²) in [5.41, 5.74) is 6.39. The molecule has 0 fully saturated rings. The molecule has 1 heterocycles. The first-order valence-electron chi connectivity index (χ1n) is 5.51. The quantitative estimate of drug-likeness (QED) is 0.694. The predicted octanol–water partition coefficient (Wildman–Crippen LogP) is 1.40. The van der Waals surface area contributed by atoms with Gasteiger partial charge in [0, 0.05) is 25.9 Å². The molecule has 0 spiro atoms. The zero-order valence-electron chi connectivity index (χ0n) is 9.65. The zero-order valence-corrected chi connectivity index (χ0v) is 9.65. The van der Waals surface area contributed by atoms with Crippen LogP contribution in [0.4, 0.5) is 0 Å². The van der Waals surface area contributed by atoms with Crippen molar-refractivity contribution in [1.82, 2.24) is 9.55 Å². The van der Waals surface area contributed by atoms with E-state index in [-0.39, 0.29) is 0 Å². The molecule has 0 saturated carbocycles. The van der Waals surface area contributed by atoms with Gasteiger partial charge in [0.2, 0.25) is 0 Å². The third-order valence-corrected chi connectivity index (χ3v) is 2.23. The molecule has 0 aliphatic carbocycles. The molecular weight excluding hydrogens is 190 g/mol. The average Bonchev–Trinajstić information content (AvgIpc) is 2.65. The fourth-order valence-corrected chi connectivity index (χ4v) is 1.23. The number of hydrogen-bond donors (Lipinski definition) is 1. The lowest BCUT2D eigenvalue weighted by Crippen LogP contribution is -2.06. The first-order valence-corrected chi connectivity index (χ1v) is 5.51. The third kappa shape index (κ3) is 4.95. The Bertz CT molecular complexity index is 271. The van der Waals surface area contributed by atoms with Crippen molar-refractivity contribution >= 4 is 0 Å². The van der Waals surface area contributed by atoms with Gasteiger partial charge in [-0.2, -0.15) is 0 Å². The summed E-state index contributed by atoms with van der Waals surface area (Å²) in [6, 6.07) is 0. The Kier molecular flexibility index (Phi) is 5.36. The van der Waals surface area contributed by atoms with Crippen LogP contribution in [0, 0.1) is 5.92 Å². The lowest BCUT2D eigenvalue weighted by molar-refractivity contribution is 0.116. The van der Waals surface area contributed by atoms with Crippen LogP contribution >= 0.6 is 0 Å². The highest BCUT2D eigenvalue weighted by Gasteiger charge is 1.97. The second kappa shape index (κ2) is 6.58. The van der Waals surface area contributed by atoms with Crippen LogP contribution in [0.2, 0.25) is 0 Å². The molecule has 0 aromatic carbocycles. The van der Waals surface area contributed by atoms with Crippen LogP contribution in [-0.4, -0.2) is 22.8 Å². The Morgan fingerprint density at radius 3 is 2.87 bits per heavy atom. The summed E-state index contributed by atoms with van der Waals surface area (Å²) in [6.07, 6.45) is 4.89. The summed E-state index contributed by atoms with van der Waals surface area (Å²) >= 11 is 0. The summed E-state index contributed by atoms with van der Waals surface area (Å²) in [7, 11) is 0. The summed E-state index contributed by atoms with van der Waals surface area (Å²) in [4.78, 5) is 4.14. The smallest absolute Gasteiger partial charge is 0.0950 e. The first kappa shape index (κ1) is 12.2. The van der Waals surface area contributed by atoms with Gasteiger partial charge < -0.3 is 15.0 Å². The van der Waals surface area contributed by atoms with Crippen LogP contribution in [-0.2, 0) is 17.8 Å². The van der Waals surface area contributed by atoms with Gasteiger partial charge in [-0.25, -0.2) is 4.98 Å². The topological polar surface area (TPSA) is 53.1 Å². The van der Waals surface area contributed by atoms with Crippen molar-refractivity contribution in [1.29, 1.82) is 0 Å². The van der Waals surface area contributed by atoms with Gasteiger partial charge in [0.15, 0.2) is 0 Å². The van der Waals surface area contributed by atoms with Crippen LogP contribution < -0.4 is 5.73 Å². The minimum atomic E-state index is 0.501. The number of hydrogen-bond acceptors (Lipinski definition) is 3. The van der Waals surface area contributed by atoms with Gasteiger partial charge >= 0.3 is 0 Å². The average molecular weight is 211 g/mol. The van der Waals surface area contributed by atoms with Crippen LogP contribution in [0.3, 0.4) is 0 Å². The summed E-state index contributed by atoms with van der Waals surface area (Å²) in [5, 5.41) is 0. The standard InChI is InChI=1S/C11H21N3O/c1-10(2)3-5-15-6-4-14-8-11(7-12)13-9-14/h8-10H,3-7,12H2,1-2H3. The molecule has 4 nitrogen and oxygen atoms in total. The van der Waals surface area contributed by atoms with Crippen LogP contribution in [0.25, 0.3) is 0 Å². The molecule has 0 atom stereocenters. The molecule has 1 rings (SSSR count). The number of aromatic nitrogens is 2. The second-order valence-electron chi connectivity index (χ2n) is 4.10. The number of nitrogens with zero attached hydrogens (tertiary/aromatic N) is 2.